The molecule has 2 N–H and O–H groups in total. The van der Waals surface area contributed by atoms with Crippen molar-refractivity contribution in [2.75, 3.05) is 6.54 Å². The Kier molecular flexibility index (Phi) is 3.68. The van der Waals surface area contributed by atoms with Gasteiger partial charge in [-0.3, -0.25) is 0 Å². The van der Waals surface area contributed by atoms with Crippen molar-refractivity contribution in [3.8, 4) is 11.3 Å². The first kappa shape index (κ1) is 12.2. The molecule has 18 heavy (non-hydrogen) atoms. The summed E-state index contributed by atoms with van der Waals surface area (Å²) < 4.78 is 0.814. The van der Waals surface area contributed by atoms with Gasteiger partial charge in [-0.05, 0) is 25.5 Å². The van der Waals surface area contributed by atoms with Gasteiger partial charge in [0, 0.05) is 10.9 Å². The summed E-state index contributed by atoms with van der Waals surface area (Å²) in [7, 11) is 0. The molecular weight excluding hydrogens is 266 g/mol. The van der Waals surface area contributed by atoms with Gasteiger partial charge in [0.2, 0.25) is 0 Å². The van der Waals surface area contributed by atoms with Gasteiger partial charge in [-0.2, -0.15) is 0 Å². The van der Waals surface area contributed by atoms with Crippen molar-refractivity contribution in [1.29, 1.82) is 0 Å². The maximum absolute atomic E-state index is 5.96. The second-order valence-corrected chi connectivity index (χ2v) is 6.22. The quantitative estimate of drug-likeness (QED) is 0.874. The molecule has 3 heterocycles. The van der Waals surface area contributed by atoms with Crippen LogP contribution in [0.15, 0.2) is 17.6 Å². The molecule has 0 spiro atoms. The van der Waals surface area contributed by atoms with Crippen LogP contribution in [0.5, 0.6) is 0 Å². The number of H-pyrrole nitrogens is 1. The first-order chi connectivity index (χ1) is 8.83. The largest absolute Gasteiger partial charge is 0.341 e. The van der Waals surface area contributed by atoms with Crippen molar-refractivity contribution >= 4 is 22.9 Å². The lowest BCUT2D eigenvalue weighted by Crippen LogP contribution is -2.21. The summed E-state index contributed by atoms with van der Waals surface area (Å²) in [4.78, 5) is 7.93. The topological polar surface area (TPSA) is 40.7 Å². The van der Waals surface area contributed by atoms with Crippen molar-refractivity contribution in [1.82, 2.24) is 15.3 Å². The number of aromatic nitrogens is 2. The maximum Gasteiger partial charge on any atom is 0.123 e. The molecule has 3 nitrogen and oxygen atoms in total. The third-order valence-electron chi connectivity index (χ3n) is 3.36. The van der Waals surface area contributed by atoms with Crippen molar-refractivity contribution in [2.45, 2.75) is 31.7 Å². The fraction of sp³-hybridized carbons (Fsp3) is 0.462. The molecule has 0 saturated carbocycles. The Balaban J connectivity index is 1.80. The SMILES string of the molecule is Clc1cc(-c2cnc(C3CCCCCN3)[nH]2)cs1. The van der Waals surface area contributed by atoms with Crippen LogP contribution >= 0.6 is 22.9 Å². The highest BCUT2D eigenvalue weighted by atomic mass is 35.5. The summed E-state index contributed by atoms with van der Waals surface area (Å²) >= 11 is 7.51. The van der Waals surface area contributed by atoms with Gasteiger partial charge in [0.05, 0.1) is 22.3 Å². The van der Waals surface area contributed by atoms with E-state index in [2.05, 4.69) is 20.7 Å². The van der Waals surface area contributed by atoms with Crippen LogP contribution in [0.4, 0.5) is 0 Å². The number of halogens is 1. The summed E-state index contributed by atoms with van der Waals surface area (Å²) in [6.45, 7) is 1.09. The molecule has 1 aliphatic rings. The Morgan fingerprint density at radius 1 is 1.33 bits per heavy atom. The lowest BCUT2D eigenvalue weighted by atomic mass is 10.1. The number of rotatable bonds is 2. The number of imidazole rings is 1. The minimum atomic E-state index is 0.371. The van der Waals surface area contributed by atoms with Crippen LogP contribution in [-0.4, -0.2) is 16.5 Å². The van der Waals surface area contributed by atoms with Gasteiger partial charge < -0.3 is 10.3 Å². The van der Waals surface area contributed by atoms with E-state index in [1.54, 1.807) is 11.3 Å². The normalized spacial score (nSPS) is 20.8. The second kappa shape index (κ2) is 5.43. The summed E-state index contributed by atoms with van der Waals surface area (Å²) in [5.41, 5.74) is 2.18. The van der Waals surface area contributed by atoms with E-state index in [4.69, 9.17) is 11.6 Å². The first-order valence-electron chi connectivity index (χ1n) is 6.35. The van der Waals surface area contributed by atoms with Gasteiger partial charge in [0.25, 0.3) is 0 Å². The summed E-state index contributed by atoms with van der Waals surface area (Å²) in [6, 6.07) is 2.35. The van der Waals surface area contributed by atoms with Crippen LogP contribution in [0.3, 0.4) is 0 Å². The first-order valence-corrected chi connectivity index (χ1v) is 7.61. The molecule has 2 aromatic rings. The maximum atomic E-state index is 5.96. The number of thiophene rings is 1. The van der Waals surface area contributed by atoms with Gasteiger partial charge in [0.1, 0.15) is 5.82 Å². The van der Waals surface area contributed by atoms with Crippen molar-refractivity contribution in [2.24, 2.45) is 0 Å². The minimum Gasteiger partial charge on any atom is -0.341 e. The van der Waals surface area contributed by atoms with Crippen LogP contribution in [0.2, 0.25) is 4.34 Å². The van der Waals surface area contributed by atoms with Crippen molar-refractivity contribution in [3.05, 3.63) is 27.8 Å². The molecule has 1 aliphatic heterocycles. The van der Waals surface area contributed by atoms with E-state index in [1.807, 2.05) is 12.3 Å². The van der Waals surface area contributed by atoms with E-state index in [-0.39, 0.29) is 0 Å². The smallest absolute Gasteiger partial charge is 0.123 e. The molecule has 1 unspecified atom stereocenters. The molecule has 1 fully saturated rings. The molecule has 96 valence electrons. The second-order valence-electron chi connectivity index (χ2n) is 4.68. The number of nitrogens with zero attached hydrogens (tertiary/aromatic N) is 1. The van der Waals surface area contributed by atoms with Crippen LogP contribution in [0.1, 0.15) is 37.5 Å². The highest BCUT2D eigenvalue weighted by molar-refractivity contribution is 7.14. The van der Waals surface area contributed by atoms with Gasteiger partial charge in [0.15, 0.2) is 0 Å². The van der Waals surface area contributed by atoms with Crippen LogP contribution in [0, 0.1) is 0 Å². The standard InChI is InChI=1S/C13H16ClN3S/c14-12-6-9(8-18-12)11-7-16-13(17-11)10-4-2-1-3-5-15-10/h6-8,10,15H,1-5H2,(H,16,17). The van der Waals surface area contributed by atoms with E-state index in [1.165, 1.54) is 19.3 Å². The Morgan fingerprint density at radius 3 is 3.11 bits per heavy atom. The monoisotopic (exact) mass is 281 g/mol. The summed E-state index contributed by atoms with van der Waals surface area (Å²) in [5.74, 6) is 1.05. The third-order valence-corrected chi connectivity index (χ3v) is 4.46. The molecule has 0 radical (unpaired) electrons. The summed E-state index contributed by atoms with van der Waals surface area (Å²) in [6.07, 6.45) is 6.93. The predicted octanol–water partition coefficient (Wildman–Crippen LogP) is 4.00. The van der Waals surface area contributed by atoms with Gasteiger partial charge in [-0.1, -0.05) is 24.4 Å². The molecule has 3 rings (SSSR count). The van der Waals surface area contributed by atoms with E-state index in [0.717, 1.165) is 34.4 Å². The zero-order chi connectivity index (χ0) is 12.4. The number of nitrogens with one attached hydrogen (secondary N) is 2. The van der Waals surface area contributed by atoms with E-state index in [0.29, 0.717) is 6.04 Å². The highest BCUT2D eigenvalue weighted by Crippen LogP contribution is 2.29. The van der Waals surface area contributed by atoms with E-state index < -0.39 is 0 Å². The molecule has 0 aromatic carbocycles. The Hall–Kier alpha value is -0.840. The van der Waals surface area contributed by atoms with Gasteiger partial charge >= 0.3 is 0 Å². The van der Waals surface area contributed by atoms with Crippen LogP contribution in [-0.2, 0) is 0 Å². The van der Waals surface area contributed by atoms with Gasteiger partial charge in [-0.25, -0.2) is 4.98 Å². The Morgan fingerprint density at radius 2 is 2.28 bits per heavy atom. The molecule has 0 aliphatic carbocycles. The lowest BCUT2D eigenvalue weighted by Gasteiger charge is -2.12. The molecule has 1 saturated heterocycles. The van der Waals surface area contributed by atoms with Gasteiger partial charge in [-0.15, -0.1) is 11.3 Å². The van der Waals surface area contributed by atoms with Crippen molar-refractivity contribution in [3.63, 3.8) is 0 Å². The average Bonchev–Trinajstić information content (AvgIpc) is 2.92. The van der Waals surface area contributed by atoms with E-state index >= 15 is 0 Å². The number of aromatic amines is 1. The molecule has 0 bridgehead atoms. The zero-order valence-electron chi connectivity index (χ0n) is 10.1. The molecule has 1 atom stereocenters. The number of hydrogen-bond acceptors (Lipinski definition) is 3. The molecule has 5 heteroatoms. The average molecular weight is 282 g/mol. The fourth-order valence-electron chi connectivity index (χ4n) is 2.37. The fourth-order valence-corrected chi connectivity index (χ4v) is 3.25. The zero-order valence-corrected chi connectivity index (χ0v) is 11.7. The molecule has 2 aromatic heterocycles. The van der Waals surface area contributed by atoms with Crippen LogP contribution in [0.25, 0.3) is 11.3 Å². The predicted molar refractivity (Wildman–Crippen MR) is 76.1 cm³/mol. The Bertz CT molecular complexity index is 512. The minimum absolute atomic E-state index is 0.371. The number of hydrogen-bond donors (Lipinski definition) is 2. The van der Waals surface area contributed by atoms with E-state index in [9.17, 15) is 0 Å². The summed E-state index contributed by atoms with van der Waals surface area (Å²) in [5, 5.41) is 5.61. The molecular formula is C13H16ClN3S. The highest BCUT2D eigenvalue weighted by Gasteiger charge is 2.17. The third kappa shape index (κ3) is 2.60. The van der Waals surface area contributed by atoms with Crippen LogP contribution < -0.4 is 5.32 Å². The molecule has 0 amide bonds. The van der Waals surface area contributed by atoms with Crippen molar-refractivity contribution < 1.29 is 0 Å². The lowest BCUT2D eigenvalue weighted by molar-refractivity contribution is 0.512. The Labute approximate surface area is 116 Å².